The first-order chi connectivity index (χ1) is 12.2. The minimum atomic E-state index is -1.46. The van der Waals surface area contributed by atoms with Crippen LogP contribution in [0.3, 0.4) is 0 Å². The van der Waals surface area contributed by atoms with Gasteiger partial charge in [-0.15, -0.1) is 0 Å². The Hall–Kier alpha value is -0.463. The van der Waals surface area contributed by atoms with Crippen molar-refractivity contribution in [3.05, 3.63) is 29.8 Å². The van der Waals surface area contributed by atoms with Crippen LogP contribution in [-0.2, 0) is 20.3 Å². The molecule has 0 saturated heterocycles. The molecule has 6 heteroatoms. The highest BCUT2D eigenvalue weighted by Gasteiger charge is 2.33. The molecule has 3 atom stereocenters. The molecule has 0 bridgehead atoms. The summed E-state index contributed by atoms with van der Waals surface area (Å²) in [7, 11) is -2.57. The molecule has 0 heterocycles. The van der Waals surface area contributed by atoms with Crippen LogP contribution in [0.25, 0.3) is 0 Å². The summed E-state index contributed by atoms with van der Waals surface area (Å²) in [6.07, 6.45) is 2.21. The molecule has 0 aromatic heterocycles. The number of halogens is 1. The molecule has 0 radical (unpaired) electrons. The van der Waals surface area contributed by atoms with Crippen LogP contribution in [0.4, 0.5) is 0 Å². The number of carbonyl (C=O) groups excluding carboxylic acids is 1. The number of hydrogen-bond donors (Lipinski definition) is 0. The molecule has 0 saturated carbocycles. The molecular formula is C20H33BrO3SSi. The maximum absolute atomic E-state index is 13.4. The van der Waals surface area contributed by atoms with Crippen LogP contribution < -0.4 is 0 Å². The van der Waals surface area contributed by atoms with E-state index >= 15 is 0 Å². The number of esters is 1. The van der Waals surface area contributed by atoms with Gasteiger partial charge in [0.05, 0.1) is 17.4 Å². The Morgan fingerprint density at radius 3 is 2.35 bits per heavy atom. The highest BCUT2D eigenvalue weighted by molar-refractivity contribution is 9.09. The molecule has 0 N–H and O–H groups in total. The fraction of sp³-hybridized carbons (Fsp3) is 0.650. The lowest BCUT2D eigenvalue weighted by molar-refractivity contribution is -0.144. The Morgan fingerprint density at radius 2 is 1.85 bits per heavy atom. The van der Waals surface area contributed by atoms with Crippen molar-refractivity contribution in [3.8, 4) is 0 Å². The molecule has 0 aliphatic carbocycles. The minimum Gasteiger partial charge on any atom is -0.466 e. The van der Waals surface area contributed by atoms with Crippen molar-refractivity contribution in [1.82, 2.24) is 0 Å². The maximum atomic E-state index is 13.4. The van der Waals surface area contributed by atoms with Gasteiger partial charge in [-0.1, -0.05) is 53.3 Å². The summed E-state index contributed by atoms with van der Waals surface area (Å²) in [5.74, 6) is -0.0889. The molecule has 0 aliphatic heterocycles. The molecule has 0 aliphatic rings. The summed E-state index contributed by atoms with van der Waals surface area (Å²) in [4.78, 5) is 13.0. The Morgan fingerprint density at radius 1 is 1.23 bits per heavy atom. The van der Waals surface area contributed by atoms with E-state index in [2.05, 4.69) is 35.6 Å². The highest BCUT2D eigenvalue weighted by atomic mass is 79.9. The van der Waals surface area contributed by atoms with Crippen molar-refractivity contribution in [2.24, 2.45) is 5.92 Å². The standard InChI is InChI=1S/C20H33BrO3SSi/c1-6-24-20(22)14-17(8-7-13-21)19(15-26(3,4)5)25(23)18-11-9-16(2)10-12-18/h9-12,17,19H,6-8,13-15H2,1-5H3/t17?,19-,25?/m0/s1. The van der Waals surface area contributed by atoms with Gasteiger partial charge in [-0.25, -0.2) is 0 Å². The summed E-state index contributed by atoms with van der Waals surface area (Å²) in [6.45, 7) is 11.2. The Bertz CT molecular complexity index is 584. The zero-order valence-corrected chi connectivity index (χ0v) is 20.1. The zero-order chi connectivity index (χ0) is 19.7. The first-order valence-electron chi connectivity index (χ1n) is 9.36. The van der Waals surface area contributed by atoms with Crippen LogP contribution in [-0.4, -0.2) is 35.4 Å². The molecule has 0 spiro atoms. The Balaban J connectivity index is 3.13. The number of hydrogen-bond acceptors (Lipinski definition) is 3. The first-order valence-corrected chi connectivity index (χ1v) is 15.4. The number of carbonyl (C=O) groups is 1. The van der Waals surface area contributed by atoms with Gasteiger partial charge in [0.15, 0.2) is 0 Å². The number of rotatable bonds is 11. The monoisotopic (exact) mass is 460 g/mol. The molecular weight excluding hydrogens is 428 g/mol. The second kappa shape index (κ2) is 11.4. The smallest absolute Gasteiger partial charge is 0.306 e. The van der Waals surface area contributed by atoms with Gasteiger partial charge in [-0.2, -0.15) is 0 Å². The predicted molar refractivity (Wildman–Crippen MR) is 117 cm³/mol. The summed E-state index contributed by atoms with van der Waals surface area (Å²) < 4.78 is 18.6. The fourth-order valence-corrected chi connectivity index (χ4v) is 8.37. The van der Waals surface area contributed by atoms with E-state index in [1.54, 1.807) is 0 Å². The number of alkyl halides is 1. The second-order valence-electron chi connectivity index (χ2n) is 8.01. The van der Waals surface area contributed by atoms with E-state index in [1.165, 1.54) is 0 Å². The van der Waals surface area contributed by atoms with Gasteiger partial charge in [0.25, 0.3) is 0 Å². The van der Waals surface area contributed by atoms with Crippen LogP contribution in [0.15, 0.2) is 29.2 Å². The van der Waals surface area contributed by atoms with Gasteiger partial charge in [0, 0.05) is 30.0 Å². The lowest BCUT2D eigenvalue weighted by atomic mass is 9.96. The number of ether oxygens (including phenoxy) is 1. The van der Waals surface area contributed by atoms with Gasteiger partial charge < -0.3 is 4.74 Å². The molecule has 1 rings (SSSR count). The van der Waals surface area contributed by atoms with E-state index in [0.29, 0.717) is 13.0 Å². The van der Waals surface area contributed by atoms with E-state index in [9.17, 15) is 9.00 Å². The predicted octanol–water partition coefficient (Wildman–Crippen LogP) is 5.55. The number of aryl methyl sites for hydroxylation is 1. The SMILES string of the molecule is CCOC(=O)CC(CCCBr)[C@H](C[Si](C)(C)C)S(=O)c1ccc(C)cc1. The Labute approximate surface area is 170 Å². The number of benzene rings is 1. The minimum absolute atomic E-state index is 0.00664. The van der Waals surface area contributed by atoms with E-state index in [0.717, 1.165) is 34.7 Å². The van der Waals surface area contributed by atoms with Gasteiger partial charge in [0.1, 0.15) is 0 Å². The zero-order valence-electron chi connectivity index (χ0n) is 16.7. The van der Waals surface area contributed by atoms with Crippen LogP contribution in [0.5, 0.6) is 0 Å². The molecule has 2 unspecified atom stereocenters. The van der Waals surface area contributed by atoms with Crippen molar-refractivity contribution in [1.29, 1.82) is 0 Å². The van der Waals surface area contributed by atoms with Crippen molar-refractivity contribution in [3.63, 3.8) is 0 Å². The van der Waals surface area contributed by atoms with E-state index in [1.807, 2.05) is 38.1 Å². The summed E-state index contributed by atoms with van der Waals surface area (Å²) in [6, 6.07) is 8.90. The average molecular weight is 462 g/mol. The Kier molecular flexibility index (Phi) is 10.3. The van der Waals surface area contributed by atoms with Crippen molar-refractivity contribution in [2.45, 2.75) is 68.9 Å². The quantitative estimate of drug-likeness (QED) is 0.246. The van der Waals surface area contributed by atoms with E-state index < -0.39 is 18.9 Å². The molecule has 1 aromatic carbocycles. The van der Waals surface area contributed by atoms with Gasteiger partial charge in [0.2, 0.25) is 0 Å². The lowest BCUT2D eigenvalue weighted by Crippen LogP contribution is -2.36. The third-order valence-corrected chi connectivity index (χ3v) is 8.67. The highest BCUT2D eigenvalue weighted by Crippen LogP contribution is 2.31. The van der Waals surface area contributed by atoms with Crippen molar-refractivity contribution < 1.29 is 13.7 Å². The van der Waals surface area contributed by atoms with Crippen molar-refractivity contribution >= 4 is 40.8 Å². The summed E-state index contributed by atoms with van der Waals surface area (Å²) in [5.41, 5.74) is 1.16. The lowest BCUT2D eigenvalue weighted by Gasteiger charge is -2.30. The van der Waals surface area contributed by atoms with Crippen LogP contribution >= 0.6 is 15.9 Å². The largest absolute Gasteiger partial charge is 0.466 e. The third-order valence-electron chi connectivity index (χ3n) is 4.31. The fourth-order valence-electron chi connectivity index (χ4n) is 3.06. The van der Waals surface area contributed by atoms with Crippen LogP contribution in [0.2, 0.25) is 25.7 Å². The molecule has 1 aromatic rings. The van der Waals surface area contributed by atoms with Crippen LogP contribution in [0.1, 0.15) is 31.7 Å². The van der Waals surface area contributed by atoms with Crippen LogP contribution in [0, 0.1) is 12.8 Å². The van der Waals surface area contributed by atoms with E-state index in [-0.39, 0.29) is 17.1 Å². The van der Waals surface area contributed by atoms with Gasteiger partial charge in [-0.3, -0.25) is 9.00 Å². The van der Waals surface area contributed by atoms with Gasteiger partial charge >= 0.3 is 5.97 Å². The molecule has 0 amide bonds. The normalized spacial score (nSPS) is 15.3. The molecule has 0 fully saturated rings. The molecule has 148 valence electrons. The molecule has 26 heavy (non-hydrogen) atoms. The van der Waals surface area contributed by atoms with Crippen molar-refractivity contribution in [2.75, 3.05) is 11.9 Å². The first kappa shape index (κ1) is 23.6. The third kappa shape index (κ3) is 8.48. The maximum Gasteiger partial charge on any atom is 0.306 e. The van der Waals surface area contributed by atoms with Gasteiger partial charge in [-0.05, 0) is 50.8 Å². The summed E-state index contributed by atoms with van der Waals surface area (Å²) in [5, 5.41) is 0.885. The molecule has 3 nitrogen and oxygen atoms in total. The average Bonchev–Trinajstić information content (AvgIpc) is 2.56. The summed E-state index contributed by atoms with van der Waals surface area (Å²) >= 11 is 3.49. The van der Waals surface area contributed by atoms with E-state index in [4.69, 9.17) is 4.74 Å². The second-order valence-corrected chi connectivity index (χ2v) is 16.0. The topological polar surface area (TPSA) is 43.4 Å².